The van der Waals surface area contributed by atoms with Gasteiger partial charge in [-0.15, -0.1) is 0 Å². The molecule has 0 unspecified atom stereocenters. The average Bonchev–Trinajstić information content (AvgIpc) is 3.11. The van der Waals surface area contributed by atoms with E-state index in [9.17, 15) is 4.79 Å². The van der Waals surface area contributed by atoms with Crippen molar-refractivity contribution in [2.75, 3.05) is 34.2 Å². The molecule has 0 aliphatic rings. The molecule has 0 saturated heterocycles. The van der Waals surface area contributed by atoms with Crippen LogP contribution in [-0.2, 0) is 41.4 Å². The fraction of sp³-hybridized carbons (Fsp3) is 0.667. The van der Waals surface area contributed by atoms with Gasteiger partial charge >= 0.3 is 0 Å². The van der Waals surface area contributed by atoms with Crippen molar-refractivity contribution in [1.82, 2.24) is 0 Å². The Labute approximate surface area is 324 Å². The summed E-state index contributed by atoms with van der Waals surface area (Å²) < 4.78 is 36.6. The molecule has 7 atom stereocenters. The van der Waals surface area contributed by atoms with Crippen LogP contribution in [0.4, 0.5) is 0 Å². The lowest BCUT2D eigenvalue weighted by molar-refractivity contribution is -0.145. The summed E-state index contributed by atoms with van der Waals surface area (Å²) in [4.78, 5) is 14.0. The summed E-state index contributed by atoms with van der Waals surface area (Å²) >= 11 is 0. The number of methoxy groups -OCH3 is 2. The van der Waals surface area contributed by atoms with Crippen LogP contribution in [0.2, 0.25) is 16.6 Å². The third kappa shape index (κ3) is 14.4. The van der Waals surface area contributed by atoms with Crippen LogP contribution in [-0.4, -0.2) is 60.5 Å². The minimum Gasteiger partial charge on any atom is -0.497 e. The predicted molar refractivity (Wildman–Crippen MR) is 221 cm³/mol. The van der Waals surface area contributed by atoms with Crippen LogP contribution in [0, 0.1) is 29.6 Å². The molecule has 2 rings (SSSR count). The Hall–Kier alpha value is -2.33. The number of benzene rings is 2. The Balaban J connectivity index is 2.19. The standard InChI is InChI=1S/C45H74O7Si/c1-31(2)53(32(3)4,33(5)6)52-44(37(10)26-49-28-40-18-16-15-17-19-40)36(9)25-34(7)24-35(8)43(46)39(12)45(51-30-47-13)38(11)27-50-29-41-20-22-42(48-14)23-21-41/h15-23,25,31-33,35-39,44-45H,24,26-30H2,1-14H3/b34-25-/t35-,36-,37-,38-,39-,44+,45-/m1/s1. The molecule has 0 aliphatic heterocycles. The number of hydrogen-bond donors (Lipinski definition) is 0. The Kier molecular flexibility index (Phi) is 20.8. The van der Waals surface area contributed by atoms with E-state index in [2.05, 4.69) is 99.6 Å². The molecule has 0 saturated carbocycles. The minimum atomic E-state index is -2.18. The van der Waals surface area contributed by atoms with Crippen molar-refractivity contribution in [3.63, 3.8) is 0 Å². The Morgan fingerprint density at radius 3 is 1.70 bits per heavy atom. The van der Waals surface area contributed by atoms with Gasteiger partial charge in [-0.1, -0.05) is 130 Å². The molecule has 0 aliphatic carbocycles. The average molecular weight is 755 g/mol. The monoisotopic (exact) mass is 755 g/mol. The van der Waals surface area contributed by atoms with Crippen LogP contribution in [0.15, 0.2) is 66.2 Å². The topological polar surface area (TPSA) is 72.5 Å². The summed E-state index contributed by atoms with van der Waals surface area (Å²) in [6.07, 6.45) is 2.69. The van der Waals surface area contributed by atoms with Crippen molar-refractivity contribution < 1.29 is 32.9 Å². The molecule has 0 fully saturated rings. The number of ether oxygens (including phenoxy) is 5. The van der Waals surface area contributed by atoms with Crippen molar-refractivity contribution in [3.05, 3.63) is 77.4 Å². The Morgan fingerprint density at radius 1 is 0.698 bits per heavy atom. The molecule has 2 aromatic rings. The lowest BCUT2D eigenvalue weighted by atomic mass is 9.83. The zero-order valence-corrected chi connectivity index (χ0v) is 36.6. The number of carbonyl (C=O) groups is 1. The first-order chi connectivity index (χ1) is 25.1. The fourth-order valence-corrected chi connectivity index (χ4v) is 14.1. The first-order valence-corrected chi connectivity index (χ1v) is 22.0. The second-order valence-corrected chi connectivity index (χ2v) is 21.8. The molecular weight excluding hydrogens is 681 g/mol. The van der Waals surface area contributed by atoms with Gasteiger partial charge in [0, 0.05) is 30.8 Å². The third-order valence-electron chi connectivity index (χ3n) is 11.0. The van der Waals surface area contributed by atoms with E-state index >= 15 is 0 Å². The highest BCUT2D eigenvalue weighted by Crippen LogP contribution is 2.45. The summed E-state index contributed by atoms with van der Waals surface area (Å²) in [7, 11) is 1.08. The lowest BCUT2D eigenvalue weighted by Gasteiger charge is -2.47. The molecule has 0 aromatic heterocycles. The van der Waals surface area contributed by atoms with E-state index in [1.807, 2.05) is 44.2 Å². The highest BCUT2D eigenvalue weighted by atomic mass is 28.4. The maximum absolute atomic E-state index is 14.0. The number of ketones is 1. The maximum atomic E-state index is 14.0. The van der Waals surface area contributed by atoms with Gasteiger partial charge in [0.05, 0.1) is 45.7 Å². The van der Waals surface area contributed by atoms with E-state index in [0.717, 1.165) is 11.3 Å². The first kappa shape index (κ1) is 46.8. The highest BCUT2D eigenvalue weighted by Gasteiger charge is 2.48. The van der Waals surface area contributed by atoms with Gasteiger partial charge < -0.3 is 28.1 Å². The summed E-state index contributed by atoms with van der Waals surface area (Å²) in [5, 5.41) is 0. The second-order valence-electron chi connectivity index (χ2n) is 16.4. The number of Topliss-reactive ketones (excluding diaryl/α,β-unsaturated/α-hetero) is 1. The maximum Gasteiger partial charge on any atom is 0.200 e. The van der Waals surface area contributed by atoms with E-state index in [4.69, 9.17) is 28.1 Å². The molecule has 2 aromatic carbocycles. The van der Waals surface area contributed by atoms with Crippen LogP contribution in [0.3, 0.4) is 0 Å². The smallest absolute Gasteiger partial charge is 0.200 e. The molecule has 0 spiro atoms. The summed E-state index contributed by atoms with van der Waals surface area (Å²) in [5.41, 5.74) is 4.86. The van der Waals surface area contributed by atoms with Crippen molar-refractivity contribution >= 4 is 14.1 Å². The van der Waals surface area contributed by atoms with Crippen LogP contribution in [0.5, 0.6) is 5.75 Å². The fourth-order valence-electron chi connectivity index (χ4n) is 8.35. The van der Waals surface area contributed by atoms with E-state index < -0.39 is 8.32 Å². The zero-order chi connectivity index (χ0) is 39.7. The Bertz CT molecular complexity index is 1300. The zero-order valence-electron chi connectivity index (χ0n) is 35.6. The van der Waals surface area contributed by atoms with Crippen LogP contribution in [0.1, 0.15) is 101 Å². The quantitative estimate of drug-likeness (QED) is 0.0538. The van der Waals surface area contributed by atoms with E-state index in [1.165, 1.54) is 11.1 Å². The number of allylic oxidation sites excluding steroid dienone is 1. The van der Waals surface area contributed by atoms with Gasteiger partial charge in [-0.25, -0.2) is 0 Å². The normalized spacial score (nSPS) is 16.7. The molecule has 0 heterocycles. The van der Waals surface area contributed by atoms with Crippen LogP contribution in [0.25, 0.3) is 0 Å². The number of rotatable bonds is 26. The summed E-state index contributed by atoms with van der Waals surface area (Å²) in [6.45, 7) is 29.1. The van der Waals surface area contributed by atoms with Gasteiger partial charge in [-0.2, -0.15) is 0 Å². The van der Waals surface area contributed by atoms with Gasteiger partial charge in [0.25, 0.3) is 0 Å². The van der Waals surface area contributed by atoms with Crippen LogP contribution < -0.4 is 4.74 Å². The van der Waals surface area contributed by atoms with Gasteiger partial charge in [0.1, 0.15) is 18.3 Å². The molecule has 0 bridgehead atoms. The highest BCUT2D eigenvalue weighted by molar-refractivity contribution is 6.77. The molecule has 0 radical (unpaired) electrons. The van der Waals surface area contributed by atoms with Crippen molar-refractivity contribution in [1.29, 1.82) is 0 Å². The van der Waals surface area contributed by atoms with E-state index in [-0.39, 0.29) is 54.4 Å². The van der Waals surface area contributed by atoms with Crippen LogP contribution >= 0.6 is 0 Å². The number of hydrogen-bond acceptors (Lipinski definition) is 7. The van der Waals surface area contributed by atoms with E-state index in [1.54, 1.807) is 14.2 Å². The molecule has 300 valence electrons. The predicted octanol–water partition coefficient (Wildman–Crippen LogP) is 11.1. The van der Waals surface area contributed by atoms with Gasteiger partial charge in [0.15, 0.2) is 0 Å². The largest absolute Gasteiger partial charge is 0.497 e. The van der Waals surface area contributed by atoms with Crippen molar-refractivity contribution in [2.24, 2.45) is 29.6 Å². The third-order valence-corrected chi connectivity index (χ3v) is 17.1. The van der Waals surface area contributed by atoms with E-state index in [0.29, 0.717) is 49.5 Å². The summed E-state index contributed by atoms with van der Waals surface area (Å²) in [6, 6.07) is 18.2. The second kappa shape index (κ2) is 23.6. The first-order valence-electron chi connectivity index (χ1n) is 19.9. The molecular formula is C45H74O7Si. The minimum absolute atomic E-state index is 0.00453. The SMILES string of the molecule is COCO[C@H]([C@H](C)COCc1ccc(OC)cc1)[C@H](C)C(=O)[C@H](C)C/C(C)=C\[C@@H](C)[C@H](O[Si](C(C)C)(C(C)C)C(C)C)[C@H](C)COCc1ccccc1. The number of carbonyl (C=O) groups excluding carboxylic acids is 1. The molecule has 8 heteroatoms. The van der Waals surface area contributed by atoms with Crippen molar-refractivity contribution in [2.45, 2.75) is 132 Å². The molecule has 0 amide bonds. The van der Waals surface area contributed by atoms with Gasteiger partial charge in [-0.05, 0) is 59.1 Å². The van der Waals surface area contributed by atoms with Gasteiger partial charge in [-0.3, -0.25) is 4.79 Å². The molecule has 7 nitrogen and oxygen atoms in total. The molecule has 53 heavy (non-hydrogen) atoms. The lowest BCUT2D eigenvalue weighted by Crippen LogP contribution is -2.52. The van der Waals surface area contributed by atoms with Gasteiger partial charge in [0.2, 0.25) is 8.32 Å². The molecule has 0 N–H and O–H groups in total. The van der Waals surface area contributed by atoms with Crippen molar-refractivity contribution in [3.8, 4) is 5.75 Å². The summed E-state index contributed by atoms with van der Waals surface area (Å²) in [5.74, 6) is 0.835. The Morgan fingerprint density at radius 2 is 1.21 bits per heavy atom.